The first-order valence-corrected chi connectivity index (χ1v) is 10.3. The number of allylic oxidation sites excluding steroid dienone is 1. The number of rotatable bonds is 7. The first-order chi connectivity index (χ1) is 15.6. The van der Waals surface area contributed by atoms with E-state index in [0.29, 0.717) is 29.5 Å². The minimum absolute atomic E-state index is 0.185. The third-order valence-corrected chi connectivity index (χ3v) is 5.39. The maximum atomic E-state index is 14.1. The summed E-state index contributed by atoms with van der Waals surface area (Å²) < 4.78 is 63.3. The Morgan fingerprint density at radius 3 is 2.58 bits per heavy atom. The third-order valence-electron chi connectivity index (χ3n) is 5.39. The SMILES string of the molecule is CCOC(=O)[C@H](c1cccc(OC)c1)[C@H]1C=C[C@@H](NC(=O)c2cc(C(F)(F)F)ccc2F)C1. The lowest BCUT2D eigenvalue weighted by atomic mass is 9.85. The number of hydrogen-bond donors (Lipinski definition) is 1. The van der Waals surface area contributed by atoms with Gasteiger partial charge in [0.15, 0.2) is 0 Å². The summed E-state index contributed by atoms with van der Waals surface area (Å²) in [7, 11) is 1.51. The van der Waals surface area contributed by atoms with Crippen LogP contribution in [0.5, 0.6) is 5.75 Å². The Hall–Kier alpha value is -3.36. The molecule has 176 valence electrons. The average Bonchev–Trinajstić information content (AvgIpc) is 3.21. The number of benzene rings is 2. The van der Waals surface area contributed by atoms with Gasteiger partial charge in [0.25, 0.3) is 5.91 Å². The van der Waals surface area contributed by atoms with Crippen molar-refractivity contribution in [3.05, 3.63) is 77.1 Å². The Morgan fingerprint density at radius 1 is 1.15 bits per heavy atom. The highest BCUT2D eigenvalue weighted by Gasteiger charge is 2.35. The number of esters is 1. The van der Waals surface area contributed by atoms with Crippen LogP contribution in [-0.4, -0.2) is 31.6 Å². The molecule has 0 spiro atoms. The lowest BCUT2D eigenvalue weighted by Crippen LogP contribution is -2.34. The first kappa shape index (κ1) is 24.3. The fraction of sp³-hybridized carbons (Fsp3) is 0.333. The fourth-order valence-electron chi connectivity index (χ4n) is 3.83. The van der Waals surface area contributed by atoms with Gasteiger partial charge in [-0.3, -0.25) is 9.59 Å². The van der Waals surface area contributed by atoms with Gasteiger partial charge in [0.05, 0.1) is 30.8 Å². The van der Waals surface area contributed by atoms with Crippen LogP contribution in [0.1, 0.15) is 40.7 Å². The van der Waals surface area contributed by atoms with E-state index in [0.717, 1.165) is 0 Å². The molecule has 2 aromatic rings. The van der Waals surface area contributed by atoms with Crippen molar-refractivity contribution < 1.29 is 36.6 Å². The summed E-state index contributed by atoms with van der Waals surface area (Å²) in [6, 6.07) is 8.05. The Bertz CT molecular complexity index is 1050. The Labute approximate surface area is 188 Å². The summed E-state index contributed by atoms with van der Waals surface area (Å²) in [5.74, 6) is -2.94. The number of alkyl halides is 3. The smallest absolute Gasteiger partial charge is 0.416 e. The van der Waals surface area contributed by atoms with E-state index < -0.39 is 47.0 Å². The molecule has 1 N–H and O–H groups in total. The molecule has 0 saturated carbocycles. The fourth-order valence-corrected chi connectivity index (χ4v) is 3.83. The maximum absolute atomic E-state index is 14.1. The van der Waals surface area contributed by atoms with Crippen LogP contribution in [0.25, 0.3) is 0 Å². The molecule has 0 unspecified atom stereocenters. The highest BCUT2D eigenvalue weighted by molar-refractivity contribution is 5.95. The first-order valence-electron chi connectivity index (χ1n) is 10.3. The van der Waals surface area contributed by atoms with E-state index in [-0.39, 0.29) is 18.9 Å². The molecule has 1 aliphatic carbocycles. The van der Waals surface area contributed by atoms with Gasteiger partial charge in [-0.25, -0.2) is 4.39 Å². The number of amides is 1. The molecule has 0 fully saturated rings. The number of nitrogens with one attached hydrogen (secondary N) is 1. The predicted molar refractivity (Wildman–Crippen MR) is 112 cm³/mol. The van der Waals surface area contributed by atoms with E-state index in [4.69, 9.17) is 9.47 Å². The molecule has 0 radical (unpaired) electrons. The second-order valence-electron chi connectivity index (χ2n) is 7.56. The molecule has 1 amide bonds. The molecule has 0 bridgehead atoms. The monoisotopic (exact) mass is 465 g/mol. The number of methoxy groups -OCH3 is 1. The van der Waals surface area contributed by atoms with Gasteiger partial charge < -0.3 is 14.8 Å². The Morgan fingerprint density at radius 2 is 1.91 bits per heavy atom. The number of carbonyl (C=O) groups is 2. The van der Waals surface area contributed by atoms with Gasteiger partial charge in [-0.2, -0.15) is 13.2 Å². The molecule has 3 rings (SSSR count). The van der Waals surface area contributed by atoms with E-state index in [9.17, 15) is 27.2 Å². The van der Waals surface area contributed by atoms with Crippen molar-refractivity contribution in [3.63, 3.8) is 0 Å². The van der Waals surface area contributed by atoms with Crippen LogP contribution in [0.4, 0.5) is 17.6 Å². The van der Waals surface area contributed by atoms with Gasteiger partial charge in [-0.1, -0.05) is 24.3 Å². The van der Waals surface area contributed by atoms with Crippen molar-refractivity contribution in [1.82, 2.24) is 5.32 Å². The molecule has 2 aromatic carbocycles. The van der Waals surface area contributed by atoms with Crippen LogP contribution in [0.2, 0.25) is 0 Å². The van der Waals surface area contributed by atoms with Crippen LogP contribution in [0.3, 0.4) is 0 Å². The Kier molecular flexibility index (Phi) is 7.40. The predicted octanol–water partition coefficient (Wildman–Crippen LogP) is 4.87. The summed E-state index contributed by atoms with van der Waals surface area (Å²) in [6.45, 7) is 1.88. The zero-order chi connectivity index (χ0) is 24.2. The van der Waals surface area contributed by atoms with Crippen LogP contribution < -0.4 is 10.1 Å². The van der Waals surface area contributed by atoms with Crippen molar-refractivity contribution in [2.45, 2.75) is 31.5 Å². The second kappa shape index (κ2) is 10.1. The van der Waals surface area contributed by atoms with Crippen molar-refractivity contribution in [2.75, 3.05) is 13.7 Å². The molecule has 3 atom stereocenters. The summed E-state index contributed by atoms with van der Waals surface area (Å²) in [5.41, 5.74) is -1.15. The van der Waals surface area contributed by atoms with E-state index >= 15 is 0 Å². The van der Waals surface area contributed by atoms with E-state index in [1.807, 2.05) is 0 Å². The van der Waals surface area contributed by atoms with Crippen LogP contribution >= 0.6 is 0 Å². The quantitative estimate of drug-likeness (QED) is 0.360. The number of hydrogen-bond acceptors (Lipinski definition) is 4. The zero-order valence-corrected chi connectivity index (χ0v) is 18.0. The van der Waals surface area contributed by atoms with Gasteiger partial charge in [-0.15, -0.1) is 0 Å². The summed E-state index contributed by atoms with van der Waals surface area (Å²) in [6.07, 6.45) is -1.04. The van der Waals surface area contributed by atoms with Gasteiger partial charge in [0.2, 0.25) is 0 Å². The molecule has 0 saturated heterocycles. The second-order valence-corrected chi connectivity index (χ2v) is 7.56. The van der Waals surface area contributed by atoms with Gasteiger partial charge in [0, 0.05) is 6.04 Å². The average molecular weight is 465 g/mol. The van der Waals surface area contributed by atoms with Gasteiger partial charge in [0.1, 0.15) is 11.6 Å². The topological polar surface area (TPSA) is 64.6 Å². The van der Waals surface area contributed by atoms with E-state index in [1.54, 1.807) is 43.3 Å². The zero-order valence-electron chi connectivity index (χ0n) is 18.0. The van der Waals surface area contributed by atoms with Crippen LogP contribution in [-0.2, 0) is 15.7 Å². The molecule has 0 heterocycles. The third kappa shape index (κ3) is 5.71. The van der Waals surface area contributed by atoms with Gasteiger partial charge >= 0.3 is 12.1 Å². The van der Waals surface area contributed by atoms with Crippen LogP contribution in [0.15, 0.2) is 54.6 Å². The highest BCUT2D eigenvalue weighted by Crippen LogP contribution is 2.36. The lowest BCUT2D eigenvalue weighted by Gasteiger charge is -2.23. The summed E-state index contributed by atoms with van der Waals surface area (Å²) in [4.78, 5) is 25.2. The molecule has 33 heavy (non-hydrogen) atoms. The summed E-state index contributed by atoms with van der Waals surface area (Å²) >= 11 is 0. The summed E-state index contributed by atoms with van der Waals surface area (Å²) in [5, 5.41) is 2.53. The normalized spacial score (nSPS) is 18.6. The molecule has 5 nitrogen and oxygen atoms in total. The minimum Gasteiger partial charge on any atom is -0.497 e. The molecule has 1 aliphatic rings. The number of ether oxygens (including phenoxy) is 2. The van der Waals surface area contributed by atoms with Gasteiger partial charge in [-0.05, 0) is 55.2 Å². The lowest BCUT2D eigenvalue weighted by molar-refractivity contribution is -0.146. The molecular formula is C24H23F4NO4. The van der Waals surface area contributed by atoms with Crippen molar-refractivity contribution in [1.29, 1.82) is 0 Å². The largest absolute Gasteiger partial charge is 0.497 e. The maximum Gasteiger partial charge on any atom is 0.416 e. The molecular weight excluding hydrogens is 442 g/mol. The molecule has 0 aromatic heterocycles. The van der Waals surface area contributed by atoms with Crippen molar-refractivity contribution >= 4 is 11.9 Å². The van der Waals surface area contributed by atoms with Crippen LogP contribution in [0, 0.1) is 11.7 Å². The molecule has 9 heteroatoms. The van der Waals surface area contributed by atoms with Crippen molar-refractivity contribution in [2.24, 2.45) is 5.92 Å². The Balaban J connectivity index is 1.77. The number of halogens is 4. The standard InChI is InChI=1S/C24H23F4NO4/c1-3-33-23(31)21(14-5-4-6-18(12-14)32-2)15-7-9-17(11-15)29-22(30)19-13-16(24(26,27)28)8-10-20(19)25/h4-10,12-13,15,17,21H,3,11H2,1-2H3,(H,29,30)/t15-,17+,21+/m0/s1. The van der Waals surface area contributed by atoms with E-state index in [1.165, 1.54) is 7.11 Å². The van der Waals surface area contributed by atoms with Crippen molar-refractivity contribution in [3.8, 4) is 5.75 Å². The number of carbonyl (C=O) groups excluding carboxylic acids is 2. The minimum atomic E-state index is -4.70. The van der Waals surface area contributed by atoms with E-state index in [2.05, 4.69) is 5.32 Å². The molecule has 0 aliphatic heterocycles. The highest BCUT2D eigenvalue weighted by atomic mass is 19.4.